The van der Waals surface area contributed by atoms with Crippen molar-refractivity contribution in [3.8, 4) is 0 Å². The summed E-state index contributed by atoms with van der Waals surface area (Å²) >= 11 is 0. The van der Waals surface area contributed by atoms with Crippen molar-refractivity contribution in [1.82, 2.24) is 0 Å². The van der Waals surface area contributed by atoms with Gasteiger partial charge >= 0.3 is 5.97 Å². The van der Waals surface area contributed by atoms with Crippen molar-refractivity contribution in [1.29, 1.82) is 0 Å². The van der Waals surface area contributed by atoms with Crippen molar-refractivity contribution in [3.05, 3.63) is 29.8 Å². The second-order valence-corrected chi connectivity index (χ2v) is 4.75. The van der Waals surface area contributed by atoms with Crippen molar-refractivity contribution < 1.29 is 19.1 Å². The predicted molar refractivity (Wildman–Crippen MR) is 70.2 cm³/mol. The van der Waals surface area contributed by atoms with Gasteiger partial charge in [0.2, 0.25) is 0 Å². The minimum absolute atomic E-state index is 0.0324. The molecule has 0 saturated carbocycles. The van der Waals surface area contributed by atoms with E-state index in [-0.39, 0.29) is 11.8 Å². The van der Waals surface area contributed by atoms with Crippen molar-refractivity contribution in [2.24, 2.45) is 5.41 Å². The van der Waals surface area contributed by atoms with Crippen molar-refractivity contribution in [2.75, 3.05) is 32.2 Å². The number of carbonyl (C=O) groups excluding carboxylic acids is 2. The molecule has 1 fully saturated rings. The largest absolute Gasteiger partial charge is 0.468 e. The molecule has 102 valence electrons. The first-order chi connectivity index (χ1) is 9.07. The third-order valence-corrected chi connectivity index (χ3v) is 3.30. The number of hydrogen-bond donors (Lipinski definition) is 1. The molecular weight excluding hydrogens is 246 g/mol. The lowest BCUT2D eigenvalue weighted by atomic mass is 9.86. The highest BCUT2D eigenvalue weighted by Gasteiger charge is 2.47. The van der Waals surface area contributed by atoms with Crippen molar-refractivity contribution in [3.63, 3.8) is 0 Å². The van der Waals surface area contributed by atoms with E-state index in [4.69, 9.17) is 9.47 Å². The van der Waals surface area contributed by atoms with Gasteiger partial charge in [-0.25, -0.2) is 0 Å². The maximum Gasteiger partial charge on any atom is 0.318 e. The maximum absolute atomic E-state index is 11.7. The summed E-state index contributed by atoms with van der Waals surface area (Å²) in [6.07, 6.45) is 0. The standard InChI is InChI=1S/C14H17NO4/c1-10(16)11-3-5-12(6-4-11)15-7-14(8-19-9-14)13(17)18-2/h3-6,15H,7-9H2,1-2H3. The average molecular weight is 263 g/mol. The van der Waals surface area contributed by atoms with E-state index in [0.717, 1.165) is 5.69 Å². The van der Waals surface area contributed by atoms with Crippen LogP contribution in [0.5, 0.6) is 0 Å². The molecule has 0 unspecified atom stereocenters. The van der Waals surface area contributed by atoms with Crippen LogP contribution in [0.3, 0.4) is 0 Å². The summed E-state index contributed by atoms with van der Waals surface area (Å²) in [4.78, 5) is 22.9. The minimum atomic E-state index is -0.589. The molecule has 0 spiro atoms. The van der Waals surface area contributed by atoms with Crippen LogP contribution >= 0.6 is 0 Å². The number of Topliss-reactive ketones (excluding diaryl/α,β-unsaturated/α-hetero) is 1. The molecule has 5 heteroatoms. The highest BCUT2D eigenvalue weighted by Crippen LogP contribution is 2.29. The van der Waals surface area contributed by atoms with E-state index < -0.39 is 5.41 Å². The first-order valence-electron chi connectivity index (χ1n) is 6.08. The number of hydrogen-bond acceptors (Lipinski definition) is 5. The lowest BCUT2D eigenvalue weighted by molar-refractivity contribution is -0.180. The fourth-order valence-electron chi connectivity index (χ4n) is 1.95. The van der Waals surface area contributed by atoms with Gasteiger partial charge in [0.15, 0.2) is 5.78 Å². The lowest BCUT2D eigenvalue weighted by Gasteiger charge is -2.38. The molecule has 0 aliphatic carbocycles. The number of benzene rings is 1. The molecular formula is C14H17NO4. The Kier molecular flexibility index (Phi) is 3.85. The third kappa shape index (κ3) is 2.76. The molecule has 1 saturated heterocycles. The number of ether oxygens (including phenoxy) is 2. The van der Waals surface area contributed by atoms with E-state index in [9.17, 15) is 9.59 Å². The summed E-state index contributed by atoms with van der Waals surface area (Å²) in [7, 11) is 1.38. The fraction of sp³-hybridized carbons (Fsp3) is 0.429. The summed E-state index contributed by atoms with van der Waals surface area (Å²) in [5.74, 6) is -0.225. The van der Waals surface area contributed by atoms with Crippen LogP contribution < -0.4 is 5.32 Å². The fourth-order valence-corrected chi connectivity index (χ4v) is 1.95. The molecule has 2 rings (SSSR count). The van der Waals surface area contributed by atoms with Crippen LogP contribution in [0.1, 0.15) is 17.3 Å². The van der Waals surface area contributed by atoms with Crippen LogP contribution in [0.2, 0.25) is 0 Å². The molecule has 1 aromatic rings. The van der Waals surface area contributed by atoms with Gasteiger partial charge in [-0.15, -0.1) is 0 Å². The van der Waals surface area contributed by atoms with Crippen molar-refractivity contribution in [2.45, 2.75) is 6.92 Å². The molecule has 0 radical (unpaired) electrons. The Morgan fingerprint density at radius 1 is 1.32 bits per heavy atom. The molecule has 1 aromatic carbocycles. The van der Waals surface area contributed by atoms with Crippen LogP contribution in [0, 0.1) is 5.41 Å². The SMILES string of the molecule is COC(=O)C1(CNc2ccc(C(C)=O)cc2)COC1. The zero-order chi connectivity index (χ0) is 13.9. The molecule has 1 aliphatic heterocycles. The second kappa shape index (κ2) is 5.40. The second-order valence-electron chi connectivity index (χ2n) is 4.75. The average Bonchev–Trinajstić information content (AvgIpc) is 2.37. The first kappa shape index (κ1) is 13.5. The highest BCUT2D eigenvalue weighted by atomic mass is 16.5. The Labute approximate surface area is 111 Å². The molecule has 5 nitrogen and oxygen atoms in total. The van der Waals surface area contributed by atoms with Gasteiger partial charge in [0.05, 0.1) is 20.3 Å². The molecule has 0 bridgehead atoms. The van der Waals surface area contributed by atoms with Crippen LogP contribution in [0.15, 0.2) is 24.3 Å². The first-order valence-corrected chi connectivity index (χ1v) is 6.08. The number of esters is 1. The van der Waals surface area contributed by atoms with E-state index in [1.165, 1.54) is 14.0 Å². The van der Waals surface area contributed by atoms with Gasteiger partial charge in [-0.1, -0.05) is 0 Å². The Bertz CT molecular complexity index is 477. The zero-order valence-electron chi connectivity index (χ0n) is 11.1. The summed E-state index contributed by atoms with van der Waals surface area (Å²) in [5, 5.41) is 3.18. The smallest absolute Gasteiger partial charge is 0.318 e. The quantitative estimate of drug-likeness (QED) is 0.644. The number of rotatable bonds is 5. The predicted octanol–water partition coefficient (Wildman–Crippen LogP) is 1.49. The Morgan fingerprint density at radius 3 is 2.37 bits per heavy atom. The third-order valence-electron chi connectivity index (χ3n) is 3.30. The van der Waals surface area contributed by atoms with E-state index in [2.05, 4.69) is 5.32 Å². The van der Waals surface area contributed by atoms with Gasteiger partial charge in [0, 0.05) is 17.8 Å². The maximum atomic E-state index is 11.7. The van der Waals surface area contributed by atoms with Gasteiger partial charge < -0.3 is 14.8 Å². The van der Waals surface area contributed by atoms with E-state index in [1.807, 2.05) is 12.1 Å². The van der Waals surface area contributed by atoms with Crippen molar-refractivity contribution >= 4 is 17.4 Å². The van der Waals surface area contributed by atoms with Crippen LogP contribution in [-0.2, 0) is 14.3 Å². The lowest BCUT2D eigenvalue weighted by Crippen LogP contribution is -2.54. The Balaban J connectivity index is 1.98. The van der Waals surface area contributed by atoms with Crippen LogP contribution in [0.4, 0.5) is 5.69 Å². The number of anilines is 1. The highest BCUT2D eigenvalue weighted by molar-refractivity contribution is 5.94. The molecule has 0 aromatic heterocycles. The molecule has 1 N–H and O–H groups in total. The summed E-state index contributed by atoms with van der Waals surface area (Å²) in [6, 6.07) is 7.15. The summed E-state index contributed by atoms with van der Waals surface area (Å²) < 4.78 is 9.91. The number of ketones is 1. The molecule has 19 heavy (non-hydrogen) atoms. The number of methoxy groups -OCH3 is 1. The van der Waals surface area contributed by atoms with Crippen LogP contribution in [-0.4, -0.2) is 38.6 Å². The van der Waals surface area contributed by atoms with Gasteiger partial charge in [-0.05, 0) is 31.2 Å². The van der Waals surface area contributed by atoms with E-state index >= 15 is 0 Å². The molecule has 1 aliphatic rings. The van der Waals surface area contributed by atoms with Gasteiger partial charge in [-0.3, -0.25) is 9.59 Å². The normalized spacial score (nSPS) is 16.3. The molecule has 0 amide bonds. The molecule has 0 atom stereocenters. The van der Waals surface area contributed by atoms with E-state index in [1.54, 1.807) is 12.1 Å². The van der Waals surface area contributed by atoms with Gasteiger partial charge in [0.25, 0.3) is 0 Å². The van der Waals surface area contributed by atoms with Gasteiger partial charge in [0.1, 0.15) is 5.41 Å². The van der Waals surface area contributed by atoms with Crippen LogP contribution in [0.25, 0.3) is 0 Å². The molecule has 1 heterocycles. The zero-order valence-corrected chi connectivity index (χ0v) is 11.1. The Morgan fingerprint density at radius 2 is 1.95 bits per heavy atom. The van der Waals surface area contributed by atoms with Gasteiger partial charge in [-0.2, -0.15) is 0 Å². The minimum Gasteiger partial charge on any atom is -0.468 e. The summed E-state index contributed by atoms with van der Waals surface area (Å²) in [5.41, 5.74) is 0.939. The number of nitrogens with one attached hydrogen (secondary N) is 1. The Hall–Kier alpha value is -1.88. The topological polar surface area (TPSA) is 64.6 Å². The number of carbonyl (C=O) groups is 2. The summed E-state index contributed by atoms with van der Waals surface area (Å²) in [6.45, 7) is 2.73. The monoisotopic (exact) mass is 263 g/mol. The van der Waals surface area contributed by atoms with E-state index in [0.29, 0.717) is 25.3 Å².